The monoisotopic (exact) mass is 287 g/mol. The molecule has 1 rings (SSSR count). The molecule has 2 unspecified atom stereocenters. The third kappa shape index (κ3) is 3.61. The highest BCUT2D eigenvalue weighted by molar-refractivity contribution is 6.35. The first kappa shape index (κ1) is 14.8. The smallest absolute Gasteiger partial charge is 0.240 e. The Balaban J connectivity index is 3.09. The summed E-state index contributed by atoms with van der Waals surface area (Å²) >= 11 is 11.8. The molecule has 0 saturated heterocycles. The van der Waals surface area contributed by atoms with Crippen LogP contribution >= 0.6 is 23.2 Å². The number of benzene rings is 1. The topological polar surface area (TPSA) is 52.4 Å². The van der Waals surface area contributed by atoms with E-state index in [1.807, 2.05) is 0 Å². The lowest BCUT2D eigenvalue weighted by Crippen LogP contribution is -2.26. The van der Waals surface area contributed by atoms with Gasteiger partial charge in [0.25, 0.3) is 0 Å². The van der Waals surface area contributed by atoms with E-state index in [0.29, 0.717) is 15.6 Å². The Labute approximate surface area is 115 Å². The van der Waals surface area contributed by atoms with E-state index in [1.165, 1.54) is 13.0 Å². The first-order chi connectivity index (χ1) is 8.47. The second kappa shape index (κ2) is 6.60. The molecule has 0 N–H and O–H groups in total. The summed E-state index contributed by atoms with van der Waals surface area (Å²) in [6.07, 6.45) is 4.29. The Hall–Kier alpha value is -1.28. The molecule has 0 aliphatic carbocycles. The average molecular weight is 288 g/mol. The minimum absolute atomic E-state index is 0.0260. The van der Waals surface area contributed by atoms with Crippen molar-refractivity contribution in [3.8, 4) is 12.3 Å². The van der Waals surface area contributed by atoms with Crippen LogP contribution in [0.25, 0.3) is 0 Å². The van der Waals surface area contributed by atoms with Crippen molar-refractivity contribution in [1.82, 2.24) is 0 Å². The van der Waals surface area contributed by atoms with E-state index >= 15 is 0 Å². The third-order valence-corrected chi connectivity index (χ3v) is 2.95. The molecule has 0 spiro atoms. The highest BCUT2D eigenvalue weighted by atomic mass is 35.5. The van der Waals surface area contributed by atoms with E-state index in [1.54, 1.807) is 12.1 Å². The van der Waals surface area contributed by atoms with Crippen LogP contribution in [0.5, 0.6) is 0 Å². The predicted molar refractivity (Wildman–Crippen MR) is 70.4 cm³/mol. The van der Waals surface area contributed by atoms with E-state index in [9.17, 15) is 10.1 Å². The highest BCUT2D eigenvalue weighted by Crippen LogP contribution is 2.31. The number of hydrogen-bond donors (Lipinski definition) is 0. The van der Waals surface area contributed by atoms with Gasteiger partial charge in [-0.15, -0.1) is 6.42 Å². The van der Waals surface area contributed by atoms with E-state index in [0.717, 1.165) is 0 Å². The van der Waals surface area contributed by atoms with Gasteiger partial charge in [0.1, 0.15) is 6.61 Å². The molecule has 0 saturated carbocycles. The summed E-state index contributed by atoms with van der Waals surface area (Å²) in [5, 5.41) is 11.6. The molecular formula is C12H11Cl2NO3. The number of hydrogen-bond acceptors (Lipinski definition) is 3. The van der Waals surface area contributed by atoms with Gasteiger partial charge >= 0.3 is 0 Å². The van der Waals surface area contributed by atoms with Gasteiger partial charge < -0.3 is 4.74 Å². The van der Waals surface area contributed by atoms with Crippen LogP contribution in [0.2, 0.25) is 10.0 Å². The lowest BCUT2D eigenvalue weighted by molar-refractivity contribution is -0.532. The van der Waals surface area contributed by atoms with Crippen LogP contribution in [-0.4, -0.2) is 17.6 Å². The molecule has 4 nitrogen and oxygen atoms in total. The zero-order chi connectivity index (χ0) is 13.7. The molecule has 6 heteroatoms. The highest BCUT2D eigenvalue weighted by Gasteiger charge is 2.30. The zero-order valence-corrected chi connectivity index (χ0v) is 11.1. The predicted octanol–water partition coefficient (Wildman–Crippen LogP) is 3.35. The number of halogens is 2. The van der Waals surface area contributed by atoms with Gasteiger partial charge in [-0.05, 0) is 12.1 Å². The largest absolute Gasteiger partial charge is 0.354 e. The van der Waals surface area contributed by atoms with Gasteiger partial charge in [-0.1, -0.05) is 35.2 Å². The van der Waals surface area contributed by atoms with Crippen LogP contribution in [0, 0.1) is 22.5 Å². The number of rotatable bonds is 5. The standard InChI is InChI=1S/C12H11Cl2NO3/c1-3-6-18-12(8(2)15(16)17)10-5-4-9(13)7-11(10)14/h1,4-5,7-8,12H,6H2,2H3. The third-order valence-electron chi connectivity index (χ3n) is 2.39. The summed E-state index contributed by atoms with van der Waals surface area (Å²) in [5.74, 6) is 2.28. The van der Waals surface area contributed by atoms with E-state index in [4.69, 9.17) is 34.4 Å². The Morgan fingerprint density at radius 3 is 2.72 bits per heavy atom. The fourth-order valence-electron chi connectivity index (χ4n) is 1.47. The van der Waals surface area contributed by atoms with Gasteiger partial charge in [-0.25, -0.2) is 0 Å². The normalized spacial score (nSPS) is 13.7. The second-order valence-electron chi connectivity index (χ2n) is 3.63. The van der Waals surface area contributed by atoms with Crippen molar-refractivity contribution >= 4 is 23.2 Å². The van der Waals surface area contributed by atoms with Crippen molar-refractivity contribution in [1.29, 1.82) is 0 Å². The van der Waals surface area contributed by atoms with Gasteiger partial charge in [0.05, 0.1) is 0 Å². The molecule has 0 fully saturated rings. The molecule has 0 radical (unpaired) electrons. The van der Waals surface area contributed by atoms with Crippen LogP contribution < -0.4 is 0 Å². The number of terminal acetylenes is 1. The number of ether oxygens (including phenoxy) is 1. The van der Waals surface area contributed by atoms with Gasteiger partial charge in [-0.2, -0.15) is 0 Å². The van der Waals surface area contributed by atoms with Gasteiger partial charge in [-0.3, -0.25) is 10.1 Å². The maximum atomic E-state index is 10.9. The molecular weight excluding hydrogens is 277 g/mol. The zero-order valence-electron chi connectivity index (χ0n) is 9.60. The van der Waals surface area contributed by atoms with Gasteiger partial charge in [0, 0.05) is 27.5 Å². The fraction of sp³-hybridized carbons (Fsp3) is 0.333. The molecule has 0 bridgehead atoms. The molecule has 0 aliphatic heterocycles. The van der Waals surface area contributed by atoms with Crippen molar-refractivity contribution in [2.24, 2.45) is 0 Å². The van der Waals surface area contributed by atoms with Crippen molar-refractivity contribution in [3.05, 3.63) is 43.9 Å². The summed E-state index contributed by atoms with van der Waals surface area (Å²) in [6.45, 7) is 1.41. The summed E-state index contributed by atoms with van der Waals surface area (Å²) in [4.78, 5) is 10.4. The summed E-state index contributed by atoms with van der Waals surface area (Å²) in [7, 11) is 0. The Morgan fingerprint density at radius 1 is 1.56 bits per heavy atom. The van der Waals surface area contributed by atoms with E-state index < -0.39 is 17.1 Å². The van der Waals surface area contributed by atoms with Crippen molar-refractivity contribution in [3.63, 3.8) is 0 Å². The first-order valence-electron chi connectivity index (χ1n) is 5.11. The van der Waals surface area contributed by atoms with Crippen LogP contribution in [-0.2, 0) is 4.74 Å². The molecule has 18 heavy (non-hydrogen) atoms. The molecule has 0 aliphatic rings. The van der Waals surface area contributed by atoms with E-state index in [2.05, 4.69) is 5.92 Å². The second-order valence-corrected chi connectivity index (χ2v) is 4.47. The fourth-order valence-corrected chi connectivity index (χ4v) is 1.99. The van der Waals surface area contributed by atoms with Crippen LogP contribution in [0.1, 0.15) is 18.6 Å². The van der Waals surface area contributed by atoms with Crippen molar-refractivity contribution in [2.45, 2.75) is 19.1 Å². The number of nitrogens with zero attached hydrogens (tertiary/aromatic N) is 1. The number of nitro groups is 1. The summed E-state index contributed by atoms with van der Waals surface area (Å²) < 4.78 is 5.32. The quantitative estimate of drug-likeness (QED) is 0.474. The molecule has 1 aromatic rings. The van der Waals surface area contributed by atoms with Gasteiger partial charge in [0.15, 0.2) is 6.10 Å². The van der Waals surface area contributed by atoms with Crippen LogP contribution in [0.3, 0.4) is 0 Å². The lowest BCUT2D eigenvalue weighted by atomic mass is 10.0. The Kier molecular flexibility index (Phi) is 5.42. The summed E-state index contributed by atoms with van der Waals surface area (Å²) in [6, 6.07) is 3.75. The molecule has 0 aromatic heterocycles. The molecule has 96 valence electrons. The van der Waals surface area contributed by atoms with Crippen molar-refractivity contribution < 1.29 is 9.66 Å². The molecule has 1 aromatic carbocycles. The van der Waals surface area contributed by atoms with Crippen LogP contribution in [0.15, 0.2) is 18.2 Å². The van der Waals surface area contributed by atoms with Gasteiger partial charge in [0.2, 0.25) is 6.04 Å². The SMILES string of the molecule is C#CCOC(c1ccc(Cl)cc1Cl)C(C)[N+](=O)[O-]. The molecule has 0 heterocycles. The van der Waals surface area contributed by atoms with Crippen molar-refractivity contribution in [2.75, 3.05) is 6.61 Å². The minimum atomic E-state index is -0.961. The first-order valence-corrected chi connectivity index (χ1v) is 5.86. The molecule has 0 amide bonds. The molecule has 2 atom stereocenters. The Morgan fingerprint density at radius 2 is 2.22 bits per heavy atom. The van der Waals surface area contributed by atoms with Crippen LogP contribution in [0.4, 0.5) is 0 Å². The maximum Gasteiger partial charge on any atom is 0.240 e. The lowest BCUT2D eigenvalue weighted by Gasteiger charge is -2.19. The Bertz CT molecular complexity index is 485. The minimum Gasteiger partial charge on any atom is -0.354 e. The van der Waals surface area contributed by atoms with E-state index in [-0.39, 0.29) is 6.61 Å². The summed E-state index contributed by atoms with van der Waals surface area (Å²) in [5.41, 5.74) is 0.500. The average Bonchev–Trinajstić information content (AvgIpc) is 2.31. The maximum absolute atomic E-state index is 10.9.